The first-order chi connectivity index (χ1) is 13.1. The van der Waals surface area contributed by atoms with Crippen LogP contribution < -0.4 is 5.32 Å². The molecule has 0 unspecified atom stereocenters. The van der Waals surface area contributed by atoms with Gasteiger partial charge < -0.3 is 10.2 Å². The Morgan fingerprint density at radius 1 is 1.07 bits per heavy atom. The summed E-state index contributed by atoms with van der Waals surface area (Å²) in [4.78, 5) is 26.3. The first kappa shape index (κ1) is 17.8. The number of nitrogens with zero attached hydrogens (tertiary/aromatic N) is 1. The molecule has 2 aliphatic heterocycles. The fourth-order valence-electron chi connectivity index (χ4n) is 4.24. The summed E-state index contributed by atoms with van der Waals surface area (Å²) in [6.07, 6.45) is 3.76. The van der Waals surface area contributed by atoms with Crippen LogP contribution in [0.1, 0.15) is 42.1 Å². The topological polar surface area (TPSA) is 49.4 Å². The molecule has 2 aromatic rings. The fourth-order valence-corrected chi connectivity index (χ4v) is 4.24. The van der Waals surface area contributed by atoms with Crippen molar-refractivity contribution in [3.05, 3.63) is 59.7 Å². The first-order valence-electron chi connectivity index (χ1n) is 9.92. The summed E-state index contributed by atoms with van der Waals surface area (Å²) in [5.41, 5.74) is 4.36. The lowest BCUT2D eigenvalue weighted by Gasteiger charge is -2.34. The third-order valence-electron chi connectivity index (χ3n) is 5.79. The summed E-state index contributed by atoms with van der Waals surface area (Å²) < 4.78 is 0. The van der Waals surface area contributed by atoms with Gasteiger partial charge in [-0.05, 0) is 47.6 Å². The molecule has 0 aromatic heterocycles. The Balaban J connectivity index is 1.44. The summed E-state index contributed by atoms with van der Waals surface area (Å²) in [5.74, 6) is 0.563. The molecule has 4 nitrogen and oxygen atoms in total. The number of carbonyl (C=O) groups is 2. The van der Waals surface area contributed by atoms with Crippen molar-refractivity contribution >= 4 is 11.8 Å². The standard InChI is InChI=1S/C23H26N2O2/c1-2-3-16-4-6-17(7-5-16)18-8-10-19(11-9-18)23(27)25-13-12-20-14-22(26)24-21(20)15-25/h4-11,20-21H,2-3,12-15H2,1H3,(H,24,26)/t20-,21-/m1/s1. The normalized spacial score (nSPS) is 21.7. The van der Waals surface area contributed by atoms with Crippen molar-refractivity contribution in [2.45, 2.75) is 38.6 Å². The van der Waals surface area contributed by atoms with E-state index >= 15 is 0 Å². The Hall–Kier alpha value is -2.62. The fraction of sp³-hybridized carbons (Fsp3) is 0.391. The molecule has 140 valence electrons. The van der Waals surface area contributed by atoms with E-state index in [1.807, 2.05) is 29.2 Å². The maximum atomic E-state index is 12.8. The van der Waals surface area contributed by atoms with Crippen molar-refractivity contribution in [3.63, 3.8) is 0 Å². The number of rotatable bonds is 4. The number of likely N-dealkylation sites (tertiary alicyclic amines) is 1. The van der Waals surface area contributed by atoms with E-state index in [2.05, 4.69) is 36.5 Å². The number of amides is 2. The van der Waals surface area contributed by atoms with Crippen LogP contribution in [-0.2, 0) is 11.2 Å². The Kier molecular flexibility index (Phi) is 4.97. The van der Waals surface area contributed by atoms with Gasteiger partial charge in [0, 0.05) is 31.1 Å². The minimum Gasteiger partial charge on any atom is -0.351 e. The lowest BCUT2D eigenvalue weighted by molar-refractivity contribution is -0.119. The summed E-state index contributed by atoms with van der Waals surface area (Å²) >= 11 is 0. The maximum absolute atomic E-state index is 12.8. The van der Waals surface area contributed by atoms with Gasteiger partial charge >= 0.3 is 0 Å². The number of carbonyl (C=O) groups excluding carboxylic acids is 2. The summed E-state index contributed by atoms with van der Waals surface area (Å²) in [7, 11) is 0. The Labute approximate surface area is 160 Å². The van der Waals surface area contributed by atoms with Gasteiger partial charge in [-0.3, -0.25) is 9.59 Å². The van der Waals surface area contributed by atoms with E-state index in [1.54, 1.807) is 0 Å². The van der Waals surface area contributed by atoms with Gasteiger partial charge in [-0.1, -0.05) is 49.7 Å². The molecule has 2 atom stereocenters. The highest BCUT2D eigenvalue weighted by Gasteiger charge is 2.38. The molecule has 2 aromatic carbocycles. The van der Waals surface area contributed by atoms with E-state index in [-0.39, 0.29) is 17.9 Å². The van der Waals surface area contributed by atoms with Crippen molar-refractivity contribution < 1.29 is 9.59 Å². The van der Waals surface area contributed by atoms with E-state index in [4.69, 9.17) is 0 Å². The van der Waals surface area contributed by atoms with Crippen molar-refractivity contribution in [2.24, 2.45) is 5.92 Å². The van der Waals surface area contributed by atoms with Crippen LogP contribution >= 0.6 is 0 Å². The van der Waals surface area contributed by atoms with Crippen LogP contribution in [0.25, 0.3) is 11.1 Å². The molecule has 4 heteroatoms. The molecule has 0 bridgehead atoms. The molecule has 2 amide bonds. The zero-order chi connectivity index (χ0) is 18.8. The van der Waals surface area contributed by atoms with Crippen LogP contribution in [0.15, 0.2) is 48.5 Å². The SMILES string of the molecule is CCCc1ccc(-c2ccc(C(=O)N3CC[C@@H]4CC(=O)N[C@@H]4C3)cc2)cc1. The summed E-state index contributed by atoms with van der Waals surface area (Å²) in [6.45, 7) is 3.54. The van der Waals surface area contributed by atoms with E-state index in [9.17, 15) is 9.59 Å². The molecule has 2 fully saturated rings. The van der Waals surface area contributed by atoms with Gasteiger partial charge in [0.15, 0.2) is 0 Å². The molecule has 2 saturated heterocycles. The molecule has 27 heavy (non-hydrogen) atoms. The van der Waals surface area contributed by atoms with Crippen molar-refractivity contribution in [1.29, 1.82) is 0 Å². The lowest BCUT2D eigenvalue weighted by Crippen LogP contribution is -2.49. The minimum atomic E-state index is 0.0550. The lowest BCUT2D eigenvalue weighted by atomic mass is 9.92. The van der Waals surface area contributed by atoms with Gasteiger partial charge in [-0.25, -0.2) is 0 Å². The first-order valence-corrected chi connectivity index (χ1v) is 9.92. The van der Waals surface area contributed by atoms with E-state index < -0.39 is 0 Å². The van der Waals surface area contributed by atoms with E-state index in [0.717, 1.165) is 31.4 Å². The van der Waals surface area contributed by atoms with Crippen LogP contribution in [0.4, 0.5) is 0 Å². The van der Waals surface area contributed by atoms with Gasteiger partial charge in [0.05, 0.1) is 0 Å². The molecule has 4 rings (SSSR count). The zero-order valence-corrected chi connectivity index (χ0v) is 15.8. The molecule has 0 saturated carbocycles. The van der Waals surface area contributed by atoms with Crippen molar-refractivity contribution in [2.75, 3.05) is 13.1 Å². The van der Waals surface area contributed by atoms with Crippen LogP contribution in [0.5, 0.6) is 0 Å². The molecular weight excluding hydrogens is 336 g/mol. The highest BCUT2D eigenvalue weighted by atomic mass is 16.2. The van der Waals surface area contributed by atoms with E-state index in [0.29, 0.717) is 24.4 Å². The Morgan fingerprint density at radius 3 is 2.41 bits per heavy atom. The van der Waals surface area contributed by atoms with Gasteiger partial charge in [0.2, 0.25) is 5.91 Å². The van der Waals surface area contributed by atoms with E-state index in [1.165, 1.54) is 11.1 Å². The quantitative estimate of drug-likeness (QED) is 0.902. The van der Waals surface area contributed by atoms with Gasteiger partial charge in [-0.2, -0.15) is 0 Å². The smallest absolute Gasteiger partial charge is 0.253 e. The third-order valence-corrected chi connectivity index (χ3v) is 5.79. The van der Waals surface area contributed by atoms with Crippen LogP contribution in [0.3, 0.4) is 0 Å². The number of aryl methyl sites for hydroxylation is 1. The van der Waals surface area contributed by atoms with Crippen LogP contribution in [0.2, 0.25) is 0 Å². The molecular formula is C23H26N2O2. The number of nitrogens with one attached hydrogen (secondary N) is 1. The van der Waals surface area contributed by atoms with Crippen molar-refractivity contribution in [3.8, 4) is 11.1 Å². The molecule has 0 spiro atoms. The number of fused-ring (bicyclic) bond motifs is 1. The number of piperidine rings is 1. The molecule has 0 radical (unpaired) electrons. The van der Waals surface area contributed by atoms with Crippen LogP contribution in [0, 0.1) is 5.92 Å². The highest BCUT2D eigenvalue weighted by molar-refractivity contribution is 5.95. The average Bonchev–Trinajstić information content (AvgIpc) is 3.07. The Bertz CT molecular complexity index is 826. The third kappa shape index (κ3) is 3.75. The van der Waals surface area contributed by atoms with Gasteiger partial charge in [-0.15, -0.1) is 0 Å². The monoisotopic (exact) mass is 362 g/mol. The summed E-state index contributed by atoms with van der Waals surface area (Å²) in [5, 5.41) is 3.00. The maximum Gasteiger partial charge on any atom is 0.253 e. The molecule has 0 aliphatic carbocycles. The number of hydrogen-bond acceptors (Lipinski definition) is 2. The predicted molar refractivity (Wildman–Crippen MR) is 106 cm³/mol. The number of benzene rings is 2. The number of hydrogen-bond donors (Lipinski definition) is 1. The van der Waals surface area contributed by atoms with Crippen molar-refractivity contribution in [1.82, 2.24) is 10.2 Å². The highest BCUT2D eigenvalue weighted by Crippen LogP contribution is 2.27. The average molecular weight is 362 g/mol. The largest absolute Gasteiger partial charge is 0.351 e. The van der Waals surface area contributed by atoms with Gasteiger partial charge in [0.1, 0.15) is 0 Å². The van der Waals surface area contributed by atoms with Crippen LogP contribution in [-0.4, -0.2) is 35.8 Å². The minimum absolute atomic E-state index is 0.0550. The predicted octanol–water partition coefficient (Wildman–Crippen LogP) is 3.66. The molecule has 1 N–H and O–H groups in total. The van der Waals surface area contributed by atoms with Gasteiger partial charge in [0.25, 0.3) is 5.91 Å². The zero-order valence-electron chi connectivity index (χ0n) is 15.8. The second kappa shape index (κ2) is 7.55. The summed E-state index contributed by atoms with van der Waals surface area (Å²) in [6, 6.07) is 16.6. The second-order valence-electron chi connectivity index (χ2n) is 7.70. The molecule has 2 aliphatic rings. The Morgan fingerprint density at radius 2 is 1.74 bits per heavy atom. The second-order valence-corrected chi connectivity index (χ2v) is 7.70. The molecule has 2 heterocycles.